The SMILES string of the molecule is Cc1ccc(CNC(=O)CN2C(=O)C3C4C=CC(C4)C3C2=O)cc1F. The molecule has 3 amide bonds. The minimum absolute atomic E-state index is 0.134. The summed E-state index contributed by atoms with van der Waals surface area (Å²) in [6, 6.07) is 4.75. The Morgan fingerprint density at radius 1 is 1.20 bits per heavy atom. The molecule has 0 spiro atoms. The summed E-state index contributed by atoms with van der Waals surface area (Å²) < 4.78 is 13.5. The molecule has 1 aliphatic heterocycles. The van der Waals surface area contributed by atoms with Crippen LogP contribution in [0.5, 0.6) is 0 Å². The van der Waals surface area contributed by atoms with Gasteiger partial charge in [-0.1, -0.05) is 24.3 Å². The minimum atomic E-state index is -0.414. The lowest BCUT2D eigenvalue weighted by Gasteiger charge is -2.16. The van der Waals surface area contributed by atoms with Gasteiger partial charge in [0.2, 0.25) is 17.7 Å². The molecular weight excluding hydrogens is 323 g/mol. The average Bonchev–Trinajstić information content (AvgIpc) is 3.26. The molecule has 2 fully saturated rings. The minimum Gasteiger partial charge on any atom is -0.350 e. The largest absolute Gasteiger partial charge is 0.350 e. The van der Waals surface area contributed by atoms with Crippen LogP contribution in [0.25, 0.3) is 0 Å². The summed E-state index contributed by atoms with van der Waals surface area (Å²) in [6.45, 7) is 1.56. The van der Waals surface area contributed by atoms with Gasteiger partial charge in [-0.15, -0.1) is 0 Å². The lowest BCUT2D eigenvalue weighted by molar-refractivity contribution is -0.144. The fourth-order valence-electron chi connectivity index (χ4n) is 4.27. The molecule has 1 heterocycles. The van der Waals surface area contributed by atoms with E-state index in [1.54, 1.807) is 19.1 Å². The molecule has 1 saturated heterocycles. The van der Waals surface area contributed by atoms with Gasteiger partial charge in [0.1, 0.15) is 12.4 Å². The number of fused-ring (bicyclic) bond motifs is 5. The molecule has 1 N–H and O–H groups in total. The van der Waals surface area contributed by atoms with Crippen molar-refractivity contribution in [2.75, 3.05) is 6.54 Å². The van der Waals surface area contributed by atoms with Crippen LogP contribution in [0.1, 0.15) is 17.5 Å². The summed E-state index contributed by atoms with van der Waals surface area (Å²) >= 11 is 0. The van der Waals surface area contributed by atoms with Crippen LogP contribution in [0.15, 0.2) is 30.4 Å². The van der Waals surface area contributed by atoms with E-state index in [1.807, 2.05) is 12.2 Å². The molecule has 5 nitrogen and oxygen atoms in total. The fraction of sp³-hybridized carbons (Fsp3) is 0.421. The number of halogens is 1. The summed E-state index contributed by atoms with van der Waals surface area (Å²) in [6.07, 6.45) is 4.91. The Labute approximate surface area is 144 Å². The van der Waals surface area contributed by atoms with E-state index in [2.05, 4.69) is 5.32 Å². The number of benzene rings is 1. The molecule has 130 valence electrons. The molecule has 3 aliphatic rings. The monoisotopic (exact) mass is 342 g/mol. The highest BCUT2D eigenvalue weighted by atomic mass is 19.1. The summed E-state index contributed by atoms with van der Waals surface area (Å²) in [5.41, 5.74) is 1.17. The van der Waals surface area contributed by atoms with Crippen molar-refractivity contribution in [3.63, 3.8) is 0 Å². The van der Waals surface area contributed by atoms with Gasteiger partial charge in [-0.05, 0) is 42.4 Å². The molecule has 1 aromatic carbocycles. The van der Waals surface area contributed by atoms with Gasteiger partial charge in [0, 0.05) is 6.54 Å². The van der Waals surface area contributed by atoms with Gasteiger partial charge >= 0.3 is 0 Å². The summed E-state index contributed by atoms with van der Waals surface area (Å²) in [7, 11) is 0. The molecule has 25 heavy (non-hydrogen) atoms. The number of aryl methyl sites for hydroxylation is 1. The number of likely N-dealkylation sites (tertiary alicyclic amines) is 1. The van der Waals surface area contributed by atoms with Crippen molar-refractivity contribution in [1.82, 2.24) is 10.2 Å². The van der Waals surface area contributed by atoms with Crippen LogP contribution in [0.2, 0.25) is 0 Å². The Kier molecular flexibility index (Phi) is 3.71. The maximum Gasteiger partial charge on any atom is 0.240 e. The number of amides is 3. The van der Waals surface area contributed by atoms with E-state index < -0.39 is 5.91 Å². The van der Waals surface area contributed by atoms with E-state index in [0.29, 0.717) is 11.1 Å². The number of nitrogens with zero attached hydrogens (tertiary/aromatic N) is 1. The van der Waals surface area contributed by atoms with E-state index >= 15 is 0 Å². The number of hydrogen-bond donors (Lipinski definition) is 1. The van der Waals surface area contributed by atoms with Crippen molar-refractivity contribution in [1.29, 1.82) is 0 Å². The number of imide groups is 1. The Morgan fingerprint density at radius 3 is 2.44 bits per heavy atom. The van der Waals surface area contributed by atoms with Gasteiger partial charge in [0.15, 0.2) is 0 Å². The van der Waals surface area contributed by atoms with Crippen LogP contribution in [0, 0.1) is 36.4 Å². The number of carbonyl (C=O) groups is 3. The zero-order chi connectivity index (χ0) is 17.7. The van der Waals surface area contributed by atoms with Crippen molar-refractivity contribution >= 4 is 17.7 Å². The lowest BCUT2D eigenvalue weighted by Crippen LogP contribution is -2.41. The Bertz CT molecular complexity index is 774. The van der Waals surface area contributed by atoms with Gasteiger partial charge in [-0.2, -0.15) is 0 Å². The summed E-state index contributed by atoms with van der Waals surface area (Å²) in [5.74, 6) is -1.52. The van der Waals surface area contributed by atoms with Gasteiger partial charge in [-0.25, -0.2) is 4.39 Å². The Balaban J connectivity index is 1.37. The maximum absolute atomic E-state index is 13.5. The molecule has 4 rings (SSSR count). The van der Waals surface area contributed by atoms with Crippen molar-refractivity contribution in [3.8, 4) is 0 Å². The summed E-state index contributed by atoms with van der Waals surface area (Å²) in [5, 5.41) is 2.65. The molecule has 6 heteroatoms. The third-order valence-electron chi connectivity index (χ3n) is 5.59. The first-order chi connectivity index (χ1) is 12.0. The number of carbonyl (C=O) groups excluding carboxylic acids is 3. The van der Waals surface area contributed by atoms with E-state index in [-0.39, 0.29) is 54.4 Å². The maximum atomic E-state index is 13.5. The van der Waals surface area contributed by atoms with Gasteiger partial charge in [0.25, 0.3) is 0 Å². The van der Waals surface area contributed by atoms with Gasteiger partial charge < -0.3 is 5.32 Å². The van der Waals surface area contributed by atoms with Crippen molar-refractivity contribution in [2.45, 2.75) is 19.9 Å². The topological polar surface area (TPSA) is 66.5 Å². The molecular formula is C19H19FN2O3. The second-order valence-electron chi connectivity index (χ2n) is 7.12. The van der Waals surface area contributed by atoms with Crippen LogP contribution in [-0.4, -0.2) is 29.2 Å². The third-order valence-corrected chi connectivity index (χ3v) is 5.59. The second kappa shape index (κ2) is 5.79. The zero-order valence-electron chi connectivity index (χ0n) is 13.9. The molecule has 4 atom stereocenters. The highest BCUT2D eigenvalue weighted by molar-refractivity contribution is 6.08. The van der Waals surface area contributed by atoms with Crippen LogP contribution in [0.4, 0.5) is 4.39 Å². The summed E-state index contributed by atoms with van der Waals surface area (Å²) in [4.78, 5) is 38.3. The normalized spacial score (nSPS) is 29.4. The Morgan fingerprint density at radius 2 is 1.84 bits per heavy atom. The predicted molar refractivity (Wildman–Crippen MR) is 87.4 cm³/mol. The molecule has 4 unspecified atom stereocenters. The first-order valence-electron chi connectivity index (χ1n) is 8.51. The van der Waals surface area contributed by atoms with Crippen LogP contribution in [0.3, 0.4) is 0 Å². The van der Waals surface area contributed by atoms with E-state index in [4.69, 9.17) is 0 Å². The third kappa shape index (κ3) is 2.56. The Hall–Kier alpha value is -2.50. The van der Waals surface area contributed by atoms with Gasteiger partial charge in [0.05, 0.1) is 11.8 Å². The molecule has 1 aromatic rings. The zero-order valence-corrected chi connectivity index (χ0v) is 13.9. The molecule has 2 aliphatic carbocycles. The van der Waals surface area contributed by atoms with Crippen LogP contribution in [-0.2, 0) is 20.9 Å². The first kappa shape index (κ1) is 16.0. The molecule has 2 bridgehead atoms. The van der Waals surface area contributed by atoms with Crippen molar-refractivity contribution < 1.29 is 18.8 Å². The standard InChI is InChI=1S/C19H19FN2O3/c1-10-2-3-11(6-14(10)20)8-21-15(23)9-22-18(24)16-12-4-5-13(7-12)17(16)19(22)25/h2-6,12-13,16-17H,7-9H2,1H3,(H,21,23). The van der Waals surface area contributed by atoms with E-state index in [1.165, 1.54) is 6.07 Å². The fourth-order valence-corrected chi connectivity index (χ4v) is 4.27. The van der Waals surface area contributed by atoms with Crippen molar-refractivity contribution in [3.05, 3.63) is 47.3 Å². The number of allylic oxidation sites excluding steroid dienone is 2. The predicted octanol–water partition coefficient (Wildman–Crippen LogP) is 1.56. The van der Waals surface area contributed by atoms with E-state index in [9.17, 15) is 18.8 Å². The highest BCUT2D eigenvalue weighted by Crippen LogP contribution is 2.52. The number of hydrogen-bond acceptors (Lipinski definition) is 3. The highest BCUT2D eigenvalue weighted by Gasteiger charge is 2.59. The van der Waals surface area contributed by atoms with Gasteiger partial charge in [-0.3, -0.25) is 19.3 Å². The lowest BCUT2D eigenvalue weighted by atomic mass is 9.85. The number of rotatable bonds is 4. The average molecular weight is 342 g/mol. The van der Waals surface area contributed by atoms with Crippen molar-refractivity contribution in [2.24, 2.45) is 23.7 Å². The molecule has 1 saturated carbocycles. The molecule has 0 aromatic heterocycles. The smallest absolute Gasteiger partial charge is 0.240 e. The second-order valence-corrected chi connectivity index (χ2v) is 7.12. The first-order valence-corrected chi connectivity index (χ1v) is 8.51. The molecule has 0 radical (unpaired) electrons. The van der Waals surface area contributed by atoms with Crippen LogP contribution < -0.4 is 5.32 Å². The van der Waals surface area contributed by atoms with E-state index in [0.717, 1.165) is 11.3 Å². The number of nitrogens with one attached hydrogen (secondary N) is 1. The quantitative estimate of drug-likeness (QED) is 0.667. The van der Waals surface area contributed by atoms with Crippen LogP contribution >= 0.6 is 0 Å².